The first-order valence-electron chi connectivity index (χ1n) is 6.28. The lowest BCUT2D eigenvalue weighted by Crippen LogP contribution is -2.02. The number of halogens is 1. The summed E-state index contributed by atoms with van der Waals surface area (Å²) >= 11 is 3.33. The second kappa shape index (κ2) is 5.31. The molecule has 0 bridgehead atoms. The van der Waals surface area contributed by atoms with Gasteiger partial charge >= 0.3 is 0 Å². The Kier molecular flexibility index (Phi) is 3.53. The number of nitrogens with zero attached hydrogens (tertiary/aromatic N) is 1. The molecular weight excluding hydrogens is 306 g/mol. The predicted octanol–water partition coefficient (Wildman–Crippen LogP) is 3.47. The second-order valence-electron chi connectivity index (χ2n) is 4.69. The highest BCUT2D eigenvalue weighted by atomic mass is 79.9. The van der Waals surface area contributed by atoms with Crippen LogP contribution in [0.5, 0.6) is 5.75 Å². The molecule has 0 aliphatic heterocycles. The minimum absolute atomic E-state index is 0.393. The van der Waals surface area contributed by atoms with Crippen molar-refractivity contribution in [3.05, 3.63) is 58.3 Å². The van der Waals surface area contributed by atoms with Crippen LogP contribution in [-0.2, 0) is 0 Å². The number of ether oxygens (including phenoxy) is 1. The first kappa shape index (κ1) is 12.6. The van der Waals surface area contributed by atoms with E-state index in [-0.39, 0.29) is 0 Å². The van der Waals surface area contributed by atoms with Gasteiger partial charge in [-0.3, -0.25) is 4.98 Å². The quantitative estimate of drug-likeness (QED) is 0.938. The Morgan fingerprint density at radius 2 is 1.89 bits per heavy atom. The molecule has 1 N–H and O–H groups in total. The van der Waals surface area contributed by atoms with E-state index in [1.54, 1.807) is 6.20 Å². The van der Waals surface area contributed by atoms with Crippen molar-refractivity contribution in [3.63, 3.8) is 0 Å². The normalized spacial score (nSPS) is 16.1. The fraction of sp³-hybridized carbons (Fsp3) is 0.267. The number of hydrogen-bond donors (Lipinski definition) is 1. The molecule has 1 aromatic heterocycles. The van der Waals surface area contributed by atoms with Crippen LogP contribution in [0, 0.1) is 0 Å². The molecule has 3 rings (SSSR count). The topological polar surface area (TPSA) is 42.4 Å². The highest BCUT2D eigenvalue weighted by Gasteiger charge is 2.23. The van der Waals surface area contributed by atoms with Gasteiger partial charge in [0, 0.05) is 10.7 Å². The van der Waals surface area contributed by atoms with Gasteiger partial charge in [-0.15, -0.1) is 0 Å². The van der Waals surface area contributed by atoms with E-state index in [4.69, 9.17) is 4.74 Å². The van der Waals surface area contributed by atoms with Gasteiger partial charge in [-0.25, -0.2) is 0 Å². The van der Waals surface area contributed by atoms with Crippen LogP contribution in [0.25, 0.3) is 0 Å². The van der Waals surface area contributed by atoms with Gasteiger partial charge < -0.3 is 9.84 Å². The zero-order chi connectivity index (χ0) is 13.2. The maximum atomic E-state index is 10.2. The third-order valence-electron chi connectivity index (χ3n) is 3.05. The van der Waals surface area contributed by atoms with Gasteiger partial charge in [-0.05, 0) is 58.6 Å². The van der Waals surface area contributed by atoms with Crippen LogP contribution in [0.3, 0.4) is 0 Å². The van der Waals surface area contributed by atoms with Gasteiger partial charge in [0.2, 0.25) is 0 Å². The van der Waals surface area contributed by atoms with Crippen LogP contribution in [0.2, 0.25) is 0 Å². The lowest BCUT2D eigenvalue weighted by atomic mass is 10.1. The highest BCUT2D eigenvalue weighted by Crippen LogP contribution is 2.28. The molecule has 0 saturated heterocycles. The van der Waals surface area contributed by atoms with Crippen molar-refractivity contribution in [2.75, 3.05) is 0 Å². The van der Waals surface area contributed by atoms with E-state index in [9.17, 15) is 5.11 Å². The molecule has 3 nitrogen and oxygen atoms in total. The summed E-state index contributed by atoms with van der Waals surface area (Å²) in [5.74, 6) is 0.863. The molecule has 0 spiro atoms. The maximum absolute atomic E-state index is 10.2. The summed E-state index contributed by atoms with van der Waals surface area (Å²) < 4.78 is 6.58. The minimum atomic E-state index is -0.705. The van der Waals surface area contributed by atoms with Crippen molar-refractivity contribution in [3.8, 4) is 5.75 Å². The van der Waals surface area contributed by atoms with Gasteiger partial charge in [0.25, 0.3) is 0 Å². The summed E-state index contributed by atoms with van der Waals surface area (Å²) in [4.78, 5) is 4.21. The molecule has 0 amide bonds. The minimum Gasteiger partial charge on any atom is -0.490 e. The van der Waals surface area contributed by atoms with Crippen LogP contribution in [0.4, 0.5) is 0 Å². The molecule has 1 atom stereocenters. The van der Waals surface area contributed by atoms with Crippen molar-refractivity contribution in [2.24, 2.45) is 0 Å². The van der Waals surface area contributed by atoms with E-state index in [1.165, 1.54) is 0 Å². The van der Waals surface area contributed by atoms with E-state index < -0.39 is 6.10 Å². The Morgan fingerprint density at radius 3 is 2.47 bits per heavy atom. The number of pyridine rings is 1. The van der Waals surface area contributed by atoms with Gasteiger partial charge in [0.15, 0.2) is 0 Å². The molecule has 1 fully saturated rings. The summed E-state index contributed by atoms with van der Waals surface area (Å²) in [5, 5.41) is 10.2. The Bertz CT molecular complexity index is 549. The maximum Gasteiger partial charge on any atom is 0.121 e. The second-order valence-corrected chi connectivity index (χ2v) is 5.61. The number of hydrogen-bond acceptors (Lipinski definition) is 3. The van der Waals surface area contributed by atoms with Crippen LogP contribution in [0.15, 0.2) is 47.1 Å². The van der Waals surface area contributed by atoms with Crippen molar-refractivity contribution in [1.82, 2.24) is 4.98 Å². The summed E-state index contributed by atoms with van der Waals surface area (Å²) in [6.07, 6.45) is 3.66. The zero-order valence-electron chi connectivity index (χ0n) is 10.3. The molecule has 0 radical (unpaired) electrons. The van der Waals surface area contributed by atoms with Gasteiger partial charge in [-0.1, -0.05) is 12.1 Å². The molecule has 1 aliphatic carbocycles. The Morgan fingerprint density at radius 1 is 1.16 bits per heavy atom. The van der Waals surface area contributed by atoms with Crippen LogP contribution >= 0.6 is 15.9 Å². The van der Waals surface area contributed by atoms with Crippen molar-refractivity contribution < 1.29 is 9.84 Å². The van der Waals surface area contributed by atoms with Crippen molar-refractivity contribution in [1.29, 1.82) is 0 Å². The molecule has 2 aromatic rings. The van der Waals surface area contributed by atoms with Gasteiger partial charge in [0.1, 0.15) is 11.9 Å². The van der Waals surface area contributed by atoms with Gasteiger partial charge in [-0.2, -0.15) is 0 Å². The largest absolute Gasteiger partial charge is 0.490 e. The van der Waals surface area contributed by atoms with Gasteiger partial charge in [0.05, 0.1) is 11.8 Å². The number of aliphatic hydroxyl groups excluding tert-OH is 1. The molecule has 4 heteroatoms. The molecular formula is C15H14BrNO2. The van der Waals surface area contributed by atoms with Crippen LogP contribution in [0.1, 0.15) is 30.2 Å². The number of benzene rings is 1. The average Bonchev–Trinajstić information content (AvgIpc) is 3.24. The number of rotatable bonds is 4. The Labute approximate surface area is 120 Å². The lowest BCUT2D eigenvalue weighted by molar-refractivity contribution is 0.215. The predicted molar refractivity (Wildman–Crippen MR) is 76.1 cm³/mol. The van der Waals surface area contributed by atoms with E-state index >= 15 is 0 Å². The fourth-order valence-corrected chi connectivity index (χ4v) is 2.06. The first-order valence-corrected chi connectivity index (χ1v) is 7.08. The average molecular weight is 320 g/mol. The Hall–Kier alpha value is -1.39. The molecule has 1 aliphatic rings. The molecule has 1 unspecified atom stereocenters. The van der Waals surface area contributed by atoms with E-state index in [2.05, 4.69) is 20.9 Å². The monoisotopic (exact) mass is 319 g/mol. The van der Waals surface area contributed by atoms with Crippen LogP contribution < -0.4 is 4.74 Å². The highest BCUT2D eigenvalue weighted by molar-refractivity contribution is 9.10. The summed E-state index contributed by atoms with van der Waals surface area (Å²) in [6.45, 7) is 0. The van der Waals surface area contributed by atoms with E-state index in [0.717, 1.165) is 28.6 Å². The zero-order valence-corrected chi connectivity index (χ0v) is 11.9. The SMILES string of the molecule is OC(c1ccc(OC2CC2)cc1)c1ccc(Br)cn1. The molecule has 19 heavy (non-hydrogen) atoms. The summed E-state index contributed by atoms with van der Waals surface area (Å²) in [6, 6.07) is 11.2. The fourth-order valence-electron chi connectivity index (χ4n) is 1.83. The molecule has 98 valence electrons. The van der Waals surface area contributed by atoms with Crippen molar-refractivity contribution >= 4 is 15.9 Å². The summed E-state index contributed by atoms with van der Waals surface area (Å²) in [5.41, 5.74) is 1.46. The van der Waals surface area contributed by atoms with E-state index in [1.807, 2.05) is 36.4 Å². The Balaban J connectivity index is 1.75. The molecule has 1 saturated carbocycles. The van der Waals surface area contributed by atoms with E-state index in [0.29, 0.717) is 11.8 Å². The van der Waals surface area contributed by atoms with Crippen molar-refractivity contribution in [2.45, 2.75) is 25.0 Å². The third-order valence-corrected chi connectivity index (χ3v) is 3.52. The smallest absolute Gasteiger partial charge is 0.121 e. The third kappa shape index (κ3) is 3.14. The number of aromatic nitrogens is 1. The summed E-state index contributed by atoms with van der Waals surface area (Å²) in [7, 11) is 0. The molecule has 1 aromatic carbocycles. The number of aliphatic hydroxyl groups is 1. The molecule has 1 heterocycles. The first-order chi connectivity index (χ1) is 9.22. The van der Waals surface area contributed by atoms with Crippen LogP contribution in [-0.4, -0.2) is 16.2 Å². The lowest BCUT2D eigenvalue weighted by Gasteiger charge is -2.11. The standard InChI is InChI=1S/C15H14BrNO2/c16-11-3-8-14(17-9-11)15(18)10-1-4-12(5-2-10)19-13-6-7-13/h1-5,8-9,13,15,18H,6-7H2.